The maximum absolute atomic E-state index is 13.7. The van der Waals surface area contributed by atoms with Gasteiger partial charge in [0.15, 0.2) is 0 Å². The summed E-state index contributed by atoms with van der Waals surface area (Å²) in [6.07, 6.45) is 1.83. The van der Waals surface area contributed by atoms with Crippen LogP contribution in [0.1, 0.15) is 24.0 Å². The molecule has 3 aromatic carbocycles. The monoisotopic (exact) mass is 509 g/mol. The van der Waals surface area contributed by atoms with Crippen LogP contribution in [0.15, 0.2) is 60.7 Å². The van der Waals surface area contributed by atoms with Crippen LogP contribution in [0.3, 0.4) is 0 Å². The first-order valence-corrected chi connectivity index (χ1v) is 12.8. The molecule has 2 fully saturated rings. The van der Waals surface area contributed by atoms with Gasteiger partial charge >= 0.3 is 0 Å². The van der Waals surface area contributed by atoms with Gasteiger partial charge in [-0.2, -0.15) is 0 Å². The van der Waals surface area contributed by atoms with E-state index in [1.165, 1.54) is 0 Å². The zero-order chi connectivity index (χ0) is 24.6. The van der Waals surface area contributed by atoms with Crippen molar-refractivity contribution in [1.29, 1.82) is 0 Å². The summed E-state index contributed by atoms with van der Waals surface area (Å²) in [5.74, 6) is -0.174. The molecule has 7 heteroatoms. The number of likely N-dealkylation sites (N-methyl/N-ethyl adjacent to an activating group) is 1. The van der Waals surface area contributed by atoms with Crippen LogP contribution in [0.4, 0.5) is 0 Å². The van der Waals surface area contributed by atoms with Crippen molar-refractivity contribution in [1.82, 2.24) is 15.1 Å². The van der Waals surface area contributed by atoms with Gasteiger partial charge in [-0.1, -0.05) is 71.7 Å². The van der Waals surface area contributed by atoms with E-state index in [0.29, 0.717) is 42.4 Å². The van der Waals surface area contributed by atoms with E-state index in [0.717, 1.165) is 35.0 Å². The summed E-state index contributed by atoms with van der Waals surface area (Å²) in [6.45, 7) is 2.97. The summed E-state index contributed by atoms with van der Waals surface area (Å²) in [4.78, 5) is 31.5. The zero-order valence-electron chi connectivity index (χ0n) is 19.8. The average molecular weight is 510 g/mol. The third-order valence-electron chi connectivity index (χ3n) is 7.35. The lowest BCUT2D eigenvalue weighted by Crippen LogP contribution is -2.56. The van der Waals surface area contributed by atoms with E-state index < -0.39 is 11.5 Å². The molecule has 1 heterocycles. The van der Waals surface area contributed by atoms with Crippen LogP contribution in [0.5, 0.6) is 0 Å². The number of carbonyl (C=O) groups is 2. The average Bonchev–Trinajstić information content (AvgIpc) is 3.66. The van der Waals surface area contributed by atoms with E-state index in [1.807, 2.05) is 35.2 Å². The van der Waals surface area contributed by atoms with Gasteiger partial charge in [-0.05, 0) is 53.9 Å². The smallest absolute Gasteiger partial charge is 0.245 e. The number of hydrogen-bond acceptors (Lipinski definition) is 3. The van der Waals surface area contributed by atoms with Crippen LogP contribution in [-0.4, -0.2) is 60.9 Å². The van der Waals surface area contributed by atoms with E-state index in [-0.39, 0.29) is 11.8 Å². The lowest BCUT2D eigenvalue weighted by atomic mass is 9.93. The molecule has 35 heavy (non-hydrogen) atoms. The highest BCUT2D eigenvalue weighted by Gasteiger charge is 2.53. The maximum Gasteiger partial charge on any atom is 0.245 e. The third-order valence-corrected chi connectivity index (χ3v) is 7.90. The van der Waals surface area contributed by atoms with Gasteiger partial charge in [0.2, 0.25) is 11.8 Å². The van der Waals surface area contributed by atoms with Crippen molar-refractivity contribution in [3.05, 3.63) is 81.8 Å². The van der Waals surface area contributed by atoms with Crippen LogP contribution >= 0.6 is 23.2 Å². The Bertz CT molecular complexity index is 1260. The number of amides is 2. The number of piperazine rings is 1. The first-order chi connectivity index (χ1) is 16.9. The molecule has 1 saturated carbocycles. The van der Waals surface area contributed by atoms with Crippen molar-refractivity contribution < 1.29 is 9.59 Å². The number of benzene rings is 3. The van der Waals surface area contributed by atoms with Crippen molar-refractivity contribution in [2.24, 2.45) is 0 Å². The summed E-state index contributed by atoms with van der Waals surface area (Å²) < 4.78 is 0. The van der Waals surface area contributed by atoms with Crippen molar-refractivity contribution in [3.8, 4) is 0 Å². The fraction of sp³-hybridized carbons (Fsp3) is 0.357. The summed E-state index contributed by atoms with van der Waals surface area (Å²) in [7, 11) is 2.06. The van der Waals surface area contributed by atoms with Gasteiger partial charge in [-0.25, -0.2) is 0 Å². The second-order valence-electron chi connectivity index (χ2n) is 9.70. The molecule has 1 aliphatic carbocycles. The number of fused-ring (bicyclic) bond motifs is 1. The van der Waals surface area contributed by atoms with Crippen LogP contribution in [0, 0.1) is 0 Å². The first-order valence-electron chi connectivity index (χ1n) is 12.1. The number of halogens is 2. The molecule has 3 aromatic rings. The Morgan fingerprint density at radius 2 is 1.69 bits per heavy atom. The Kier molecular flexibility index (Phi) is 6.75. The van der Waals surface area contributed by atoms with Gasteiger partial charge in [0, 0.05) is 42.6 Å². The minimum Gasteiger partial charge on any atom is -0.343 e. The zero-order valence-corrected chi connectivity index (χ0v) is 21.3. The molecule has 0 spiro atoms. The van der Waals surface area contributed by atoms with Gasteiger partial charge < -0.3 is 15.1 Å². The first kappa shape index (κ1) is 24.1. The topological polar surface area (TPSA) is 52.6 Å². The Balaban J connectivity index is 1.44. The van der Waals surface area contributed by atoms with Crippen molar-refractivity contribution in [3.63, 3.8) is 0 Å². The molecule has 2 aliphatic rings. The molecule has 0 aromatic heterocycles. The molecule has 1 N–H and O–H groups in total. The van der Waals surface area contributed by atoms with Crippen molar-refractivity contribution >= 4 is 45.8 Å². The Morgan fingerprint density at radius 1 is 0.971 bits per heavy atom. The van der Waals surface area contributed by atoms with Crippen LogP contribution in [0.25, 0.3) is 10.8 Å². The van der Waals surface area contributed by atoms with Crippen LogP contribution < -0.4 is 5.32 Å². The normalized spacial score (nSPS) is 18.3. The SMILES string of the molecule is CN1CCN(C(=O)[C@H](Cc2cccc3ccccc23)NC(=O)C2(c3ccc(Cl)cc3Cl)CC2)CC1. The lowest BCUT2D eigenvalue weighted by molar-refractivity contribution is -0.138. The Labute approximate surface area is 216 Å². The predicted molar refractivity (Wildman–Crippen MR) is 141 cm³/mol. The Hall–Kier alpha value is -2.60. The highest BCUT2D eigenvalue weighted by molar-refractivity contribution is 6.35. The summed E-state index contributed by atoms with van der Waals surface area (Å²) in [5.41, 5.74) is 1.11. The standard InChI is InChI=1S/C28H29Cl2N3O2/c1-32-13-15-33(16-14-32)26(34)25(17-20-7-4-6-19-5-2-3-8-22(19)20)31-27(35)28(11-12-28)23-10-9-21(29)18-24(23)30/h2-10,18,25H,11-17H2,1H3,(H,31,35)/t25-/m0/s1. The van der Waals surface area contributed by atoms with Gasteiger partial charge in [-0.15, -0.1) is 0 Å². The molecule has 5 nitrogen and oxygen atoms in total. The highest BCUT2D eigenvalue weighted by atomic mass is 35.5. The number of carbonyl (C=O) groups excluding carboxylic acids is 2. The number of hydrogen-bond donors (Lipinski definition) is 1. The summed E-state index contributed by atoms with van der Waals surface area (Å²) in [5, 5.41) is 6.39. The second-order valence-corrected chi connectivity index (χ2v) is 10.5. The summed E-state index contributed by atoms with van der Waals surface area (Å²) >= 11 is 12.6. The number of nitrogens with zero attached hydrogens (tertiary/aromatic N) is 2. The largest absolute Gasteiger partial charge is 0.343 e. The van der Waals surface area contributed by atoms with Crippen LogP contribution in [-0.2, 0) is 21.4 Å². The number of nitrogens with one attached hydrogen (secondary N) is 1. The van der Waals surface area contributed by atoms with Gasteiger partial charge in [0.05, 0.1) is 5.41 Å². The quantitative estimate of drug-likeness (QED) is 0.524. The van der Waals surface area contributed by atoms with E-state index in [9.17, 15) is 9.59 Å². The van der Waals surface area contributed by atoms with E-state index in [1.54, 1.807) is 12.1 Å². The highest BCUT2D eigenvalue weighted by Crippen LogP contribution is 2.51. The summed E-state index contributed by atoms with van der Waals surface area (Å²) in [6, 6.07) is 18.9. The van der Waals surface area contributed by atoms with Crippen molar-refractivity contribution in [2.75, 3.05) is 33.2 Å². The van der Waals surface area contributed by atoms with Gasteiger partial charge in [0.1, 0.15) is 6.04 Å². The molecule has 5 rings (SSSR count). The van der Waals surface area contributed by atoms with Gasteiger partial charge in [-0.3, -0.25) is 9.59 Å². The molecule has 1 aliphatic heterocycles. The molecule has 1 saturated heterocycles. The molecule has 2 amide bonds. The molecular formula is C28H29Cl2N3O2. The Morgan fingerprint density at radius 3 is 2.40 bits per heavy atom. The molecular weight excluding hydrogens is 481 g/mol. The van der Waals surface area contributed by atoms with Crippen LogP contribution in [0.2, 0.25) is 10.0 Å². The van der Waals surface area contributed by atoms with Gasteiger partial charge in [0.25, 0.3) is 0 Å². The molecule has 0 unspecified atom stereocenters. The van der Waals surface area contributed by atoms with Crippen molar-refractivity contribution in [2.45, 2.75) is 30.7 Å². The second kappa shape index (κ2) is 9.81. The number of rotatable bonds is 6. The fourth-order valence-corrected chi connectivity index (χ4v) is 5.64. The molecule has 0 radical (unpaired) electrons. The minimum atomic E-state index is -0.707. The molecule has 1 atom stereocenters. The third kappa shape index (κ3) is 4.90. The van der Waals surface area contributed by atoms with E-state index in [4.69, 9.17) is 23.2 Å². The molecule has 182 valence electrons. The lowest BCUT2D eigenvalue weighted by Gasteiger charge is -2.35. The maximum atomic E-state index is 13.7. The van der Waals surface area contributed by atoms with E-state index >= 15 is 0 Å². The molecule has 0 bridgehead atoms. The predicted octanol–water partition coefficient (Wildman–Crippen LogP) is 4.68. The van der Waals surface area contributed by atoms with E-state index in [2.05, 4.69) is 35.5 Å². The minimum absolute atomic E-state index is 0.0302. The fourth-order valence-electron chi connectivity index (χ4n) is 5.06.